The van der Waals surface area contributed by atoms with Crippen molar-refractivity contribution in [2.75, 3.05) is 73.1 Å². The van der Waals surface area contributed by atoms with Gasteiger partial charge in [-0.15, -0.1) is 0 Å². The number of likely N-dealkylation sites (tertiary alicyclic amines) is 1. The monoisotopic (exact) mass is 367 g/mol. The highest BCUT2D eigenvalue weighted by atomic mass is 16.5. The van der Waals surface area contributed by atoms with Gasteiger partial charge in [0.05, 0.1) is 12.5 Å². The van der Waals surface area contributed by atoms with Crippen molar-refractivity contribution in [2.45, 2.75) is 32.6 Å². The van der Waals surface area contributed by atoms with Crippen LogP contribution in [0.3, 0.4) is 0 Å². The lowest BCUT2D eigenvalue weighted by Crippen LogP contribution is -2.47. The topological polar surface area (TPSA) is 60.4 Å². The van der Waals surface area contributed by atoms with Gasteiger partial charge in [-0.1, -0.05) is 0 Å². The number of hydrogen-bond acceptors (Lipinski definition) is 5. The summed E-state index contributed by atoms with van der Waals surface area (Å²) in [5, 5.41) is 3.49. The summed E-state index contributed by atoms with van der Waals surface area (Å²) >= 11 is 0. The number of aliphatic imine (C=N–C) groups is 1. The molecule has 0 bridgehead atoms. The molecule has 0 unspecified atom stereocenters. The summed E-state index contributed by atoms with van der Waals surface area (Å²) in [6.07, 6.45) is 4.09. The van der Waals surface area contributed by atoms with Crippen molar-refractivity contribution >= 4 is 11.9 Å². The van der Waals surface area contributed by atoms with Gasteiger partial charge in [0.25, 0.3) is 0 Å². The number of carbonyl (C=O) groups is 1. The second kappa shape index (κ2) is 11.4. The van der Waals surface area contributed by atoms with Crippen LogP contribution >= 0.6 is 0 Å². The van der Waals surface area contributed by atoms with Crippen LogP contribution in [0, 0.1) is 5.92 Å². The van der Waals surface area contributed by atoms with Gasteiger partial charge in [0, 0.05) is 39.8 Å². The Kier molecular flexibility index (Phi) is 9.18. The Labute approximate surface area is 158 Å². The highest BCUT2D eigenvalue weighted by Gasteiger charge is 2.27. The lowest BCUT2D eigenvalue weighted by atomic mass is 9.97. The fourth-order valence-corrected chi connectivity index (χ4v) is 3.75. The highest BCUT2D eigenvalue weighted by molar-refractivity contribution is 5.80. The number of likely N-dealkylation sites (N-methyl/N-ethyl adjacent to an activating group) is 1. The predicted molar refractivity (Wildman–Crippen MR) is 105 cm³/mol. The van der Waals surface area contributed by atoms with Crippen LogP contribution in [0.25, 0.3) is 0 Å². The standard InChI is InChI=1S/C19H37N5O2/c1-4-26-18(25)17-7-13-24(14-8-17)19(20-2)21-9-5-11-23-12-6-10-22(3)15-16-23/h17H,4-16H2,1-3H3,(H,20,21). The SMILES string of the molecule is CCOC(=O)C1CCN(C(=NC)NCCCN2CCCN(C)CC2)CC1. The highest BCUT2D eigenvalue weighted by Crippen LogP contribution is 2.18. The summed E-state index contributed by atoms with van der Waals surface area (Å²) in [7, 11) is 4.05. The van der Waals surface area contributed by atoms with Crippen molar-refractivity contribution in [3.63, 3.8) is 0 Å². The number of esters is 1. The minimum Gasteiger partial charge on any atom is -0.466 e. The normalized spacial score (nSPS) is 21.5. The Morgan fingerprint density at radius 1 is 1.15 bits per heavy atom. The molecule has 0 radical (unpaired) electrons. The van der Waals surface area contributed by atoms with E-state index in [0.29, 0.717) is 6.61 Å². The molecule has 0 aromatic carbocycles. The van der Waals surface area contributed by atoms with Crippen LogP contribution in [0.4, 0.5) is 0 Å². The third-order valence-corrected chi connectivity index (χ3v) is 5.37. The Hall–Kier alpha value is -1.34. The molecule has 2 aliphatic heterocycles. The largest absolute Gasteiger partial charge is 0.466 e. The Balaban J connectivity index is 1.64. The van der Waals surface area contributed by atoms with Crippen LogP contribution in [0.15, 0.2) is 4.99 Å². The van der Waals surface area contributed by atoms with Crippen LogP contribution in [0.5, 0.6) is 0 Å². The van der Waals surface area contributed by atoms with Gasteiger partial charge in [-0.25, -0.2) is 0 Å². The Bertz CT molecular complexity index is 449. The van der Waals surface area contributed by atoms with E-state index in [9.17, 15) is 4.79 Å². The maximum absolute atomic E-state index is 11.9. The first-order valence-electron chi connectivity index (χ1n) is 10.2. The zero-order valence-electron chi connectivity index (χ0n) is 16.9. The van der Waals surface area contributed by atoms with Crippen molar-refractivity contribution in [3.8, 4) is 0 Å². The van der Waals surface area contributed by atoms with E-state index in [0.717, 1.165) is 51.4 Å². The van der Waals surface area contributed by atoms with Crippen molar-refractivity contribution in [3.05, 3.63) is 0 Å². The fraction of sp³-hybridized carbons (Fsp3) is 0.895. The summed E-state index contributed by atoms with van der Waals surface area (Å²) in [5.41, 5.74) is 0. The molecular weight excluding hydrogens is 330 g/mol. The van der Waals surface area contributed by atoms with Gasteiger partial charge in [-0.05, 0) is 59.3 Å². The number of nitrogens with zero attached hydrogens (tertiary/aromatic N) is 4. The summed E-state index contributed by atoms with van der Waals surface area (Å²) in [6, 6.07) is 0. The number of carbonyl (C=O) groups excluding carboxylic acids is 1. The maximum Gasteiger partial charge on any atom is 0.309 e. The number of piperidine rings is 1. The van der Waals surface area contributed by atoms with Gasteiger partial charge >= 0.3 is 5.97 Å². The van der Waals surface area contributed by atoms with Crippen LogP contribution in [0.2, 0.25) is 0 Å². The van der Waals surface area contributed by atoms with Crippen LogP contribution in [-0.4, -0.2) is 99.7 Å². The van der Waals surface area contributed by atoms with Gasteiger partial charge in [-0.3, -0.25) is 9.79 Å². The summed E-state index contributed by atoms with van der Waals surface area (Å²) in [6.45, 7) is 10.9. The molecule has 2 aliphatic rings. The fourth-order valence-electron chi connectivity index (χ4n) is 3.75. The molecule has 0 saturated carbocycles. The van der Waals surface area contributed by atoms with Crippen molar-refractivity contribution in [2.24, 2.45) is 10.9 Å². The van der Waals surface area contributed by atoms with E-state index in [1.165, 1.54) is 32.6 Å². The first-order chi connectivity index (χ1) is 12.6. The molecule has 2 saturated heterocycles. The smallest absolute Gasteiger partial charge is 0.309 e. The van der Waals surface area contributed by atoms with Gasteiger partial charge in [0.2, 0.25) is 0 Å². The third kappa shape index (κ3) is 6.76. The van der Waals surface area contributed by atoms with E-state index in [4.69, 9.17) is 4.74 Å². The Morgan fingerprint density at radius 2 is 1.92 bits per heavy atom. The molecule has 0 amide bonds. The average molecular weight is 368 g/mol. The second-order valence-electron chi connectivity index (χ2n) is 7.34. The van der Waals surface area contributed by atoms with Gasteiger partial charge < -0.3 is 24.8 Å². The van der Waals surface area contributed by atoms with Gasteiger partial charge in [0.15, 0.2) is 5.96 Å². The molecule has 0 aromatic rings. The number of hydrogen-bond donors (Lipinski definition) is 1. The number of rotatable bonds is 6. The lowest BCUT2D eigenvalue weighted by Gasteiger charge is -2.33. The van der Waals surface area contributed by atoms with Gasteiger partial charge in [0.1, 0.15) is 0 Å². The minimum atomic E-state index is -0.0433. The van der Waals surface area contributed by atoms with E-state index in [1.54, 1.807) is 0 Å². The first-order valence-corrected chi connectivity index (χ1v) is 10.2. The molecule has 0 spiro atoms. The molecule has 7 nitrogen and oxygen atoms in total. The minimum absolute atomic E-state index is 0.0433. The lowest BCUT2D eigenvalue weighted by molar-refractivity contribution is -0.149. The third-order valence-electron chi connectivity index (χ3n) is 5.37. The summed E-state index contributed by atoms with van der Waals surface area (Å²) in [5.74, 6) is 0.964. The predicted octanol–water partition coefficient (Wildman–Crippen LogP) is 0.865. The van der Waals surface area contributed by atoms with E-state index < -0.39 is 0 Å². The maximum atomic E-state index is 11.9. The molecule has 2 fully saturated rings. The molecule has 0 aromatic heterocycles. The summed E-state index contributed by atoms with van der Waals surface area (Å²) < 4.78 is 5.15. The van der Waals surface area contributed by atoms with Crippen LogP contribution in [-0.2, 0) is 9.53 Å². The van der Waals surface area contributed by atoms with E-state index in [2.05, 4.69) is 32.1 Å². The van der Waals surface area contributed by atoms with E-state index in [1.807, 2.05) is 14.0 Å². The quantitative estimate of drug-likeness (QED) is 0.325. The van der Waals surface area contributed by atoms with Gasteiger partial charge in [-0.2, -0.15) is 0 Å². The van der Waals surface area contributed by atoms with E-state index >= 15 is 0 Å². The zero-order valence-corrected chi connectivity index (χ0v) is 16.9. The molecule has 26 heavy (non-hydrogen) atoms. The average Bonchev–Trinajstić information content (AvgIpc) is 2.86. The van der Waals surface area contributed by atoms with Crippen molar-refractivity contribution < 1.29 is 9.53 Å². The molecule has 150 valence electrons. The number of nitrogens with one attached hydrogen (secondary N) is 1. The van der Waals surface area contributed by atoms with Crippen molar-refractivity contribution in [1.29, 1.82) is 0 Å². The molecule has 7 heteroatoms. The molecule has 2 heterocycles. The zero-order chi connectivity index (χ0) is 18.8. The van der Waals surface area contributed by atoms with Crippen LogP contribution in [0.1, 0.15) is 32.6 Å². The molecule has 0 atom stereocenters. The molecule has 2 rings (SSSR count). The number of guanidine groups is 1. The second-order valence-corrected chi connectivity index (χ2v) is 7.34. The Morgan fingerprint density at radius 3 is 2.62 bits per heavy atom. The molecule has 1 N–H and O–H groups in total. The molecule has 0 aliphatic carbocycles. The number of ether oxygens (including phenoxy) is 1. The van der Waals surface area contributed by atoms with Crippen LogP contribution < -0.4 is 5.32 Å². The summed E-state index contributed by atoms with van der Waals surface area (Å²) in [4.78, 5) is 23.5. The van der Waals surface area contributed by atoms with Crippen molar-refractivity contribution in [1.82, 2.24) is 20.0 Å². The van der Waals surface area contributed by atoms with E-state index in [-0.39, 0.29) is 11.9 Å². The molecular formula is C19H37N5O2. The first kappa shape index (κ1) is 21.0.